The first-order valence-electron chi connectivity index (χ1n) is 16.5. The molecular weight excluding hydrogens is 663 g/mol. The summed E-state index contributed by atoms with van der Waals surface area (Å²) in [6.45, 7) is 6.71. The number of nitrogens with one attached hydrogen (secondary N) is 1. The van der Waals surface area contributed by atoms with Crippen LogP contribution in [0.4, 0.5) is 16.0 Å². The lowest BCUT2D eigenvalue weighted by Crippen LogP contribution is -2.49. The van der Waals surface area contributed by atoms with Gasteiger partial charge in [-0.05, 0) is 70.0 Å². The van der Waals surface area contributed by atoms with Gasteiger partial charge in [-0.15, -0.1) is 11.3 Å². The van der Waals surface area contributed by atoms with E-state index in [4.69, 9.17) is 32.9 Å². The number of esters is 1. The van der Waals surface area contributed by atoms with E-state index >= 15 is 0 Å². The number of piperidine rings is 2. The van der Waals surface area contributed by atoms with Crippen molar-refractivity contribution in [3.63, 3.8) is 0 Å². The molecule has 6 heterocycles. The van der Waals surface area contributed by atoms with Crippen molar-refractivity contribution < 1.29 is 14.3 Å². The highest BCUT2D eigenvalue weighted by Gasteiger charge is 2.43. The zero-order chi connectivity index (χ0) is 31.8. The molecule has 1 saturated carbocycles. The SMILES string of the molecule is CCOC(=O)C1CCN(c2ncc(C(=O)Nc3nc(-c4cc(Cl)cs4)c(N4CC5CCCN(C6CCCC6)C5C4)s3)cc2Cl)CC1. The summed E-state index contributed by atoms with van der Waals surface area (Å²) in [5, 5.41) is 7.69. The normalized spacial score (nSPS) is 22.8. The highest BCUT2D eigenvalue weighted by atomic mass is 35.5. The first kappa shape index (κ1) is 32.1. The Morgan fingerprint density at radius 1 is 1.02 bits per heavy atom. The fourth-order valence-electron chi connectivity index (χ4n) is 7.79. The van der Waals surface area contributed by atoms with E-state index in [1.165, 1.54) is 56.4 Å². The lowest BCUT2D eigenvalue weighted by Gasteiger charge is -2.40. The largest absolute Gasteiger partial charge is 0.466 e. The van der Waals surface area contributed by atoms with Gasteiger partial charge in [0, 0.05) is 49.8 Å². The van der Waals surface area contributed by atoms with Gasteiger partial charge in [-0.25, -0.2) is 9.97 Å². The molecule has 1 amide bonds. The Labute approximate surface area is 288 Å². The van der Waals surface area contributed by atoms with Crippen molar-refractivity contribution in [2.45, 2.75) is 70.4 Å². The van der Waals surface area contributed by atoms with Crippen molar-refractivity contribution in [3.05, 3.63) is 39.3 Å². The summed E-state index contributed by atoms with van der Waals surface area (Å²) in [6, 6.07) is 4.92. The van der Waals surface area contributed by atoms with Crippen LogP contribution in [0.5, 0.6) is 0 Å². The summed E-state index contributed by atoms with van der Waals surface area (Å²) >= 11 is 16.1. The second-order valence-electron chi connectivity index (χ2n) is 12.8. The highest BCUT2D eigenvalue weighted by molar-refractivity contribution is 7.21. The summed E-state index contributed by atoms with van der Waals surface area (Å²) in [7, 11) is 0. The van der Waals surface area contributed by atoms with Crippen molar-refractivity contribution in [2.24, 2.45) is 11.8 Å². The molecule has 13 heteroatoms. The molecule has 0 bridgehead atoms. The summed E-state index contributed by atoms with van der Waals surface area (Å²) in [4.78, 5) is 43.5. The van der Waals surface area contributed by atoms with Crippen LogP contribution in [-0.2, 0) is 9.53 Å². The summed E-state index contributed by atoms with van der Waals surface area (Å²) in [5.41, 5.74) is 1.24. The second kappa shape index (κ2) is 14.0. The van der Waals surface area contributed by atoms with Crippen LogP contribution in [0.1, 0.15) is 68.6 Å². The first-order valence-corrected chi connectivity index (χ1v) is 19.0. The summed E-state index contributed by atoms with van der Waals surface area (Å²) in [6.07, 6.45) is 10.8. The number of halogens is 2. The molecule has 1 aliphatic carbocycles. The van der Waals surface area contributed by atoms with Gasteiger partial charge in [-0.2, -0.15) is 0 Å². The molecule has 3 aromatic heterocycles. The number of amides is 1. The fourth-order valence-corrected chi connectivity index (χ4v) is 10.2. The lowest BCUT2D eigenvalue weighted by molar-refractivity contribution is -0.148. The van der Waals surface area contributed by atoms with Crippen LogP contribution in [0.15, 0.2) is 23.7 Å². The van der Waals surface area contributed by atoms with Crippen molar-refractivity contribution in [2.75, 3.05) is 54.4 Å². The van der Waals surface area contributed by atoms with Gasteiger partial charge in [0.2, 0.25) is 0 Å². The highest BCUT2D eigenvalue weighted by Crippen LogP contribution is 2.46. The Kier molecular flexibility index (Phi) is 9.75. The molecule has 3 aromatic rings. The molecule has 0 spiro atoms. The molecule has 4 fully saturated rings. The standard InChI is InChI=1S/C33H40Cl2N6O3S2/c1-2-44-32(43)20-9-12-39(13-10-20)29-25(35)14-22(16-36-29)30(42)38-33-37-28(27-15-23(34)19-45-27)31(46-33)40-17-21-6-5-11-41(26(21)18-40)24-7-3-4-8-24/h14-16,19-21,24,26H,2-13,17-18H2,1H3,(H,37,38,42). The number of rotatable bonds is 8. The van der Waals surface area contributed by atoms with Gasteiger partial charge >= 0.3 is 5.97 Å². The number of pyridine rings is 1. The minimum absolute atomic E-state index is 0.103. The van der Waals surface area contributed by atoms with Crippen LogP contribution < -0.4 is 15.1 Å². The molecule has 3 aliphatic heterocycles. The van der Waals surface area contributed by atoms with Gasteiger partial charge < -0.3 is 14.5 Å². The van der Waals surface area contributed by atoms with E-state index in [9.17, 15) is 9.59 Å². The van der Waals surface area contributed by atoms with Crippen LogP contribution in [0.2, 0.25) is 10.0 Å². The lowest BCUT2D eigenvalue weighted by atomic mass is 9.90. The van der Waals surface area contributed by atoms with Crippen molar-refractivity contribution in [1.29, 1.82) is 0 Å². The third-order valence-corrected chi connectivity index (χ3v) is 12.6. The molecule has 3 saturated heterocycles. The summed E-state index contributed by atoms with van der Waals surface area (Å²) in [5.74, 6) is 0.723. The Bertz CT molecular complexity index is 1570. The molecule has 0 aromatic carbocycles. The molecule has 7 rings (SSSR count). The Morgan fingerprint density at radius 3 is 2.54 bits per heavy atom. The number of nitrogens with zero attached hydrogens (tertiary/aromatic N) is 5. The van der Waals surface area contributed by atoms with Crippen molar-refractivity contribution in [1.82, 2.24) is 14.9 Å². The maximum Gasteiger partial charge on any atom is 0.309 e. The average Bonchev–Trinajstić information content (AvgIpc) is 3.88. The number of thiazole rings is 1. The van der Waals surface area contributed by atoms with Crippen LogP contribution in [0.3, 0.4) is 0 Å². The predicted octanol–water partition coefficient (Wildman–Crippen LogP) is 7.45. The number of ether oxygens (including phenoxy) is 1. The van der Waals surface area contributed by atoms with E-state index in [-0.39, 0.29) is 17.8 Å². The molecule has 246 valence electrons. The van der Waals surface area contributed by atoms with E-state index < -0.39 is 0 Å². The van der Waals surface area contributed by atoms with Crippen LogP contribution in [0, 0.1) is 11.8 Å². The maximum atomic E-state index is 13.5. The van der Waals surface area contributed by atoms with Gasteiger partial charge in [0.1, 0.15) is 16.5 Å². The second-order valence-corrected chi connectivity index (χ2v) is 15.6. The molecule has 1 N–H and O–H groups in total. The third-order valence-electron chi connectivity index (χ3n) is 10.0. The van der Waals surface area contributed by atoms with Crippen LogP contribution in [-0.4, -0.2) is 78.2 Å². The number of fused-ring (bicyclic) bond motifs is 1. The molecule has 9 nitrogen and oxygen atoms in total. The number of likely N-dealkylation sites (tertiary alicyclic amines) is 1. The first-order chi connectivity index (χ1) is 22.4. The minimum atomic E-state index is -0.305. The van der Waals surface area contributed by atoms with Crippen LogP contribution in [0.25, 0.3) is 10.6 Å². The van der Waals surface area contributed by atoms with E-state index in [0.29, 0.717) is 71.1 Å². The average molecular weight is 704 g/mol. The number of hydrogen-bond acceptors (Lipinski definition) is 10. The maximum absolute atomic E-state index is 13.5. The van der Waals surface area contributed by atoms with Crippen molar-refractivity contribution >= 4 is 73.7 Å². The summed E-state index contributed by atoms with van der Waals surface area (Å²) < 4.78 is 5.19. The van der Waals surface area contributed by atoms with Crippen molar-refractivity contribution in [3.8, 4) is 10.6 Å². The van der Waals surface area contributed by atoms with Gasteiger partial charge in [0.05, 0.1) is 33.0 Å². The predicted molar refractivity (Wildman–Crippen MR) is 187 cm³/mol. The third kappa shape index (κ3) is 6.63. The number of aromatic nitrogens is 2. The van der Waals surface area contributed by atoms with E-state index in [2.05, 4.69) is 25.0 Å². The molecule has 4 aliphatic rings. The molecule has 0 radical (unpaired) electrons. The van der Waals surface area contributed by atoms with Gasteiger partial charge in [-0.3, -0.25) is 19.8 Å². The number of carbonyl (C=O) groups excluding carboxylic acids is 2. The Balaban J connectivity index is 1.07. The molecule has 2 atom stereocenters. The smallest absolute Gasteiger partial charge is 0.309 e. The molecule has 2 unspecified atom stereocenters. The molecule has 46 heavy (non-hydrogen) atoms. The topological polar surface area (TPSA) is 90.9 Å². The monoisotopic (exact) mass is 702 g/mol. The van der Waals surface area contributed by atoms with E-state index in [1.807, 2.05) is 18.4 Å². The number of hydrogen-bond donors (Lipinski definition) is 1. The van der Waals surface area contributed by atoms with Crippen LogP contribution >= 0.6 is 45.9 Å². The molecular formula is C33H40Cl2N6O3S2. The van der Waals surface area contributed by atoms with Gasteiger partial charge in [0.15, 0.2) is 5.13 Å². The Morgan fingerprint density at radius 2 is 1.83 bits per heavy atom. The fraction of sp³-hybridized carbons (Fsp3) is 0.576. The zero-order valence-corrected chi connectivity index (χ0v) is 29.2. The minimum Gasteiger partial charge on any atom is -0.466 e. The quantitative estimate of drug-likeness (QED) is 0.242. The number of thiophene rings is 1. The Hall–Kier alpha value is -2.44. The van der Waals surface area contributed by atoms with Gasteiger partial charge in [-0.1, -0.05) is 47.4 Å². The van der Waals surface area contributed by atoms with E-state index in [0.717, 1.165) is 34.7 Å². The number of anilines is 3. The van der Waals surface area contributed by atoms with Gasteiger partial charge in [0.25, 0.3) is 5.91 Å². The zero-order valence-electron chi connectivity index (χ0n) is 26.1. The number of carbonyl (C=O) groups is 2. The van der Waals surface area contributed by atoms with E-state index in [1.54, 1.807) is 23.6 Å².